The van der Waals surface area contributed by atoms with E-state index in [4.69, 9.17) is 0 Å². The van der Waals surface area contributed by atoms with Crippen LogP contribution in [0.5, 0.6) is 0 Å². The predicted molar refractivity (Wildman–Crippen MR) is 120 cm³/mol. The van der Waals surface area contributed by atoms with Crippen molar-refractivity contribution in [2.75, 3.05) is 18.4 Å². The molecular weight excluding hydrogens is 376 g/mol. The summed E-state index contributed by atoms with van der Waals surface area (Å²) in [4.78, 5) is 16.9. The lowest BCUT2D eigenvalue weighted by Gasteiger charge is -2.30. The maximum absolute atomic E-state index is 12.5. The van der Waals surface area contributed by atoms with Gasteiger partial charge in [-0.3, -0.25) is 5.32 Å². The van der Waals surface area contributed by atoms with Gasteiger partial charge in [0.2, 0.25) is 0 Å². The second-order valence-electron chi connectivity index (χ2n) is 7.40. The second-order valence-corrected chi connectivity index (χ2v) is 7.40. The SMILES string of the molecule is C=C/C(=C\C)n1ncc2cc(NC(=O)NC3CNCC(c4ccccc4)C3)ncc21. The number of aromatic nitrogens is 3. The van der Waals surface area contributed by atoms with Gasteiger partial charge in [-0.05, 0) is 37.0 Å². The van der Waals surface area contributed by atoms with Crippen molar-refractivity contribution in [2.24, 2.45) is 0 Å². The van der Waals surface area contributed by atoms with Crippen LogP contribution in [-0.2, 0) is 0 Å². The largest absolute Gasteiger partial charge is 0.334 e. The zero-order valence-corrected chi connectivity index (χ0v) is 17.0. The third kappa shape index (κ3) is 4.26. The third-order valence-electron chi connectivity index (χ3n) is 5.40. The quantitative estimate of drug-likeness (QED) is 0.568. The van der Waals surface area contributed by atoms with Gasteiger partial charge in [0, 0.05) is 24.5 Å². The molecule has 2 unspecified atom stereocenters. The molecule has 1 saturated heterocycles. The topological polar surface area (TPSA) is 83.9 Å². The van der Waals surface area contributed by atoms with Crippen LogP contribution in [0.1, 0.15) is 24.8 Å². The molecule has 1 fully saturated rings. The number of fused-ring (bicyclic) bond motifs is 1. The molecule has 2 amide bonds. The van der Waals surface area contributed by atoms with Crippen molar-refractivity contribution in [2.45, 2.75) is 25.3 Å². The standard InChI is InChI=1S/C23H26N6O/c1-3-20(4-2)29-21-15-25-22(11-18(21)13-26-29)28-23(30)27-19-10-17(12-24-14-19)16-8-6-5-7-9-16/h3-9,11,13,15,17,19,24H,1,10,12,14H2,2H3,(H2,25,27,28,30)/b20-4+. The maximum Gasteiger partial charge on any atom is 0.320 e. The molecule has 1 aliphatic heterocycles. The number of amides is 2. The van der Waals surface area contributed by atoms with Gasteiger partial charge in [-0.1, -0.05) is 43.0 Å². The van der Waals surface area contributed by atoms with Crippen LogP contribution in [0.25, 0.3) is 16.6 Å². The number of carbonyl (C=O) groups excluding carboxylic acids is 1. The van der Waals surface area contributed by atoms with Crippen LogP contribution >= 0.6 is 0 Å². The molecule has 0 aliphatic carbocycles. The van der Waals surface area contributed by atoms with E-state index >= 15 is 0 Å². The van der Waals surface area contributed by atoms with Crippen LogP contribution in [0, 0.1) is 0 Å². The molecule has 0 radical (unpaired) electrons. The molecule has 1 aromatic carbocycles. The zero-order valence-electron chi connectivity index (χ0n) is 17.0. The van der Waals surface area contributed by atoms with E-state index in [1.807, 2.05) is 25.1 Å². The molecule has 7 heteroatoms. The van der Waals surface area contributed by atoms with Gasteiger partial charge in [-0.25, -0.2) is 14.5 Å². The van der Waals surface area contributed by atoms with Gasteiger partial charge >= 0.3 is 6.03 Å². The fraction of sp³-hybridized carbons (Fsp3) is 0.261. The smallest absolute Gasteiger partial charge is 0.320 e. The highest BCUT2D eigenvalue weighted by molar-refractivity contribution is 5.91. The minimum Gasteiger partial charge on any atom is -0.334 e. The maximum atomic E-state index is 12.5. The Morgan fingerprint density at radius 2 is 2.10 bits per heavy atom. The first-order valence-corrected chi connectivity index (χ1v) is 10.1. The number of anilines is 1. The normalized spacial score (nSPS) is 19.4. The number of rotatable bonds is 5. The van der Waals surface area contributed by atoms with Crippen molar-refractivity contribution in [3.8, 4) is 0 Å². The minimum atomic E-state index is -0.255. The van der Waals surface area contributed by atoms with Crippen LogP contribution < -0.4 is 16.0 Å². The first-order valence-electron chi connectivity index (χ1n) is 10.1. The molecule has 30 heavy (non-hydrogen) atoms. The molecule has 3 heterocycles. The molecule has 3 aromatic rings. The first kappa shape index (κ1) is 19.8. The second kappa shape index (κ2) is 8.92. The number of piperidine rings is 1. The average molecular weight is 403 g/mol. The van der Waals surface area contributed by atoms with Crippen LogP contribution in [0.4, 0.5) is 10.6 Å². The van der Waals surface area contributed by atoms with Crippen molar-refractivity contribution in [3.63, 3.8) is 0 Å². The lowest BCUT2D eigenvalue weighted by Crippen LogP contribution is -2.49. The molecule has 2 aromatic heterocycles. The van der Waals surface area contributed by atoms with E-state index in [1.54, 1.807) is 23.2 Å². The van der Waals surface area contributed by atoms with Gasteiger partial charge in [0.1, 0.15) is 5.82 Å². The first-order chi connectivity index (χ1) is 14.7. The summed E-state index contributed by atoms with van der Waals surface area (Å²) in [6, 6.07) is 12.0. The van der Waals surface area contributed by atoms with Gasteiger partial charge in [0.05, 0.1) is 23.6 Å². The summed E-state index contributed by atoms with van der Waals surface area (Å²) < 4.78 is 1.77. The van der Waals surface area contributed by atoms with Crippen molar-refractivity contribution in [3.05, 3.63) is 73.1 Å². The van der Waals surface area contributed by atoms with Crippen LogP contribution in [-0.4, -0.2) is 39.9 Å². The molecule has 2 atom stereocenters. The van der Waals surface area contributed by atoms with Gasteiger partial charge in [-0.2, -0.15) is 5.10 Å². The van der Waals surface area contributed by atoms with Crippen LogP contribution in [0.15, 0.2) is 67.5 Å². The fourth-order valence-electron chi connectivity index (χ4n) is 3.90. The van der Waals surface area contributed by atoms with Crippen molar-refractivity contribution < 1.29 is 4.79 Å². The van der Waals surface area contributed by atoms with Crippen molar-refractivity contribution >= 4 is 28.4 Å². The number of hydrogen-bond acceptors (Lipinski definition) is 4. The predicted octanol–water partition coefficient (Wildman–Crippen LogP) is 3.75. The number of nitrogens with one attached hydrogen (secondary N) is 3. The van der Waals surface area contributed by atoms with Crippen LogP contribution in [0.2, 0.25) is 0 Å². The lowest BCUT2D eigenvalue weighted by atomic mass is 9.89. The number of pyridine rings is 1. The molecule has 1 aliphatic rings. The van der Waals surface area contributed by atoms with Gasteiger partial charge in [0.15, 0.2) is 0 Å². The molecule has 154 valence electrons. The Balaban J connectivity index is 1.40. The highest BCUT2D eigenvalue weighted by Gasteiger charge is 2.24. The Labute approximate surface area is 175 Å². The molecular formula is C23H26N6O. The summed E-state index contributed by atoms with van der Waals surface area (Å²) in [5, 5.41) is 14.6. The highest BCUT2D eigenvalue weighted by atomic mass is 16.2. The highest BCUT2D eigenvalue weighted by Crippen LogP contribution is 2.23. The summed E-state index contributed by atoms with van der Waals surface area (Å²) in [5.41, 5.74) is 3.03. The Bertz CT molecular complexity index is 1070. The Morgan fingerprint density at radius 1 is 1.27 bits per heavy atom. The Kier molecular flexibility index (Phi) is 5.90. The molecule has 7 nitrogen and oxygen atoms in total. The van der Waals surface area contributed by atoms with E-state index < -0.39 is 0 Å². The van der Waals surface area contributed by atoms with E-state index in [-0.39, 0.29) is 12.1 Å². The van der Waals surface area contributed by atoms with E-state index in [2.05, 4.69) is 56.9 Å². The summed E-state index contributed by atoms with van der Waals surface area (Å²) in [6.45, 7) is 7.42. The van der Waals surface area contributed by atoms with E-state index in [9.17, 15) is 4.79 Å². The zero-order chi connectivity index (χ0) is 20.9. The number of nitrogens with zero attached hydrogens (tertiary/aromatic N) is 3. The fourth-order valence-corrected chi connectivity index (χ4v) is 3.90. The Morgan fingerprint density at radius 3 is 2.87 bits per heavy atom. The Hall–Kier alpha value is -3.45. The molecule has 4 rings (SSSR count). The molecule has 0 bridgehead atoms. The van der Waals surface area contributed by atoms with E-state index in [0.717, 1.165) is 36.1 Å². The number of hydrogen-bond donors (Lipinski definition) is 3. The number of benzene rings is 1. The summed E-state index contributed by atoms with van der Waals surface area (Å²) in [5.74, 6) is 0.875. The van der Waals surface area contributed by atoms with Gasteiger partial charge in [-0.15, -0.1) is 0 Å². The molecule has 0 saturated carbocycles. The van der Waals surface area contributed by atoms with Crippen molar-refractivity contribution in [1.82, 2.24) is 25.4 Å². The summed E-state index contributed by atoms with van der Waals surface area (Å²) in [6.07, 6.45) is 8.03. The lowest BCUT2D eigenvalue weighted by molar-refractivity contribution is 0.243. The third-order valence-corrected chi connectivity index (χ3v) is 5.40. The molecule has 3 N–H and O–H groups in total. The summed E-state index contributed by atoms with van der Waals surface area (Å²) >= 11 is 0. The van der Waals surface area contributed by atoms with Crippen LogP contribution in [0.3, 0.4) is 0 Å². The van der Waals surface area contributed by atoms with Crippen molar-refractivity contribution in [1.29, 1.82) is 0 Å². The summed E-state index contributed by atoms with van der Waals surface area (Å²) in [7, 11) is 0. The minimum absolute atomic E-state index is 0.0558. The monoisotopic (exact) mass is 402 g/mol. The number of urea groups is 1. The van der Waals surface area contributed by atoms with E-state index in [1.165, 1.54) is 5.56 Å². The van der Waals surface area contributed by atoms with Gasteiger partial charge < -0.3 is 10.6 Å². The average Bonchev–Trinajstić information content (AvgIpc) is 3.18. The number of allylic oxidation sites excluding steroid dienone is 3. The number of carbonyl (C=O) groups is 1. The van der Waals surface area contributed by atoms with Gasteiger partial charge in [0.25, 0.3) is 0 Å². The van der Waals surface area contributed by atoms with E-state index in [0.29, 0.717) is 11.7 Å². The molecule has 0 spiro atoms.